The number of nitrogens with one attached hydrogen (secondary N) is 1. The summed E-state index contributed by atoms with van der Waals surface area (Å²) < 4.78 is 8.95. The first-order chi connectivity index (χ1) is 14.3. The number of carbonyl (C=O) groups excluding carboxylic acids is 3. The largest absolute Gasteiger partial charge is 0.478 e. The Morgan fingerprint density at radius 2 is 1.55 bits per heavy atom. The monoisotopic (exact) mass is 444 g/mol. The van der Waals surface area contributed by atoms with E-state index in [1.165, 1.54) is 20.1 Å². The number of carboxylic acid groups (broad SMARTS) is 2. The highest BCUT2D eigenvalue weighted by molar-refractivity contribution is 5.87. The van der Waals surface area contributed by atoms with Crippen molar-refractivity contribution in [3.8, 4) is 0 Å². The number of hydrogen-bond donors (Lipinski definition) is 4. The van der Waals surface area contributed by atoms with E-state index in [1.54, 1.807) is 6.92 Å². The van der Waals surface area contributed by atoms with Crippen LogP contribution in [-0.2, 0) is 28.7 Å². The van der Waals surface area contributed by atoms with Crippen molar-refractivity contribution < 1.29 is 43.7 Å². The molecule has 11 nitrogen and oxygen atoms in total. The average molecular weight is 444 g/mol. The third-order valence-corrected chi connectivity index (χ3v) is 2.39. The van der Waals surface area contributed by atoms with Crippen LogP contribution < -0.4 is 11.1 Å². The third-order valence-electron chi connectivity index (χ3n) is 2.39. The van der Waals surface area contributed by atoms with Crippen LogP contribution in [0.4, 0.5) is 4.79 Å². The number of carboxylic acids is 2. The van der Waals surface area contributed by atoms with Gasteiger partial charge in [-0.25, -0.2) is 24.0 Å². The SMILES string of the molecule is C=C(C)C(=O)OC.C=CC(=O)O.C=CC(=O)OCCCC.CC(=CNC(N)=O)C(=O)O. The lowest BCUT2D eigenvalue weighted by atomic mass is 10.3. The molecule has 0 aromatic heterocycles. The van der Waals surface area contributed by atoms with Crippen molar-refractivity contribution in [2.45, 2.75) is 33.6 Å². The highest BCUT2D eigenvalue weighted by atomic mass is 16.5. The van der Waals surface area contributed by atoms with Crippen LogP contribution in [0.2, 0.25) is 0 Å². The molecule has 0 bridgehead atoms. The first kappa shape index (κ1) is 34.6. The summed E-state index contributed by atoms with van der Waals surface area (Å²) in [6.07, 6.45) is 5.02. The van der Waals surface area contributed by atoms with Gasteiger partial charge in [-0.05, 0) is 20.3 Å². The summed E-state index contributed by atoms with van der Waals surface area (Å²) in [6.45, 7) is 15.1. The number of aliphatic carboxylic acids is 2. The second-order valence-electron chi connectivity index (χ2n) is 5.18. The Morgan fingerprint density at radius 1 is 1.06 bits per heavy atom. The number of rotatable bonds is 8. The van der Waals surface area contributed by atoms with Gasteiger partial charge in [-0.2, -0.15) is 0 Å². The molecule has 0 saturated carbocycles. The lowest BCUT2D eigenvalue weighted by Gasteiger charge is -1.97. The molecule has 0 spiro atoms. The lowest BCUT2D eigenvalue weighted by Crippen LogP contribution is -2.25. The Kier molecular flexibility index (Phi) is 27.0. The molecule has 31 heavy (non-hydrogen) atoms. The van der Waals surface area contributed by atoms with Gasteiger partial charge in [0, 0.05) is 23.9 Å². The van der Waals surface area contributed by atoms with Crippen LogP contribution >= 0.6 is 0 Å². The minimum atomic E-state index is -1.09. The number of hydrogen-bond acceptors (Lipinski definition) is 7. The van der Waals surface area contributed by atoms with E-state index in [1.807, 2.05) is 12.2 Å². The summed E-state index contributed by atoms with van der Waals surface area (Å²) in [5.41, 5.74) is 5.11. The first-order valence-corrected chi connectivity index (χ1v) is 8.64. The zero-order chi connectivity index (χ0) is 25.4. The number of carbonyl (C=O) groups is 5. The number of primary amides is 1. The smallest absolute Gasteiger partial charge is 0.332 e. The molecule has 0 aliphatic heterocycles. The van der Waals surface area contributed by atoms with Gasteiger partial charge in [0.05, 0.1) is 19.3 Å². The molecule has 11 heteroatoms. The highest BCUT2D eigenvalue weighted by Crippen LogP contribution is 1.88. The maximum absolute atomic E-state index is 10.3. The van der Waals surface area contributed by atoms with Crippen LogP contribution in [0.1, 0.15) is 33.6 Å². The minimum Gasteiger partial charge on any atom is -0.478 e. The molecule has 2 amide bonds. The van der Waals surface area contributed by atoms with Crippen molar-refractivity contribution >= 4 is 29.9 Å². The Morgan fingerprint density at radius 3 is 1.77 bits per heavy atom. The number of unbranched alkanes of at least 4 members (excludes halogenated alkanes) is 1. The zero-order valence-electron chi connectivity index (χ0n) is 18.3. The molecule has 0 aliphatic rings. The average Bonchev–Trinajstić information content (AvgIpc) is 2.72. The molecule has 0 fully saturated rings. The van der Waals surface area contributed by atoms with Crippen LogP contribution in [0.3, 0.4) is 0 Å². The Balaban J connectivity index is -0.000000161. The molecule has 0 aromatic rings. The molecule has 0 rings (SSSR count). The summed E-state index contributed by atoms with van der Waals surface area (Å²) in [7, 11) is 1.33. The van der Waals surface area contributed by atoms with Crippen molar-refractivity contribution in [1.82, 2.24) is 5.32 Å². The van der Waals surface area contributed by atoms with Crippen molar-refractivity contribution in [3.63, 3.8) is 0 Å². The van der Waals surface area contributed by atoms with Crippen molar-refractivity contribution in [1.29, 1.82) is 0 Å². The second kappa shape index (κ2) is 24.1. The minimum absolute atomic E-state index is 0.0267. The molecule has 0 aromatic carbocycles. The van der Waals surface area contributed by atoms with Crippen molar-refractivity contribution in [3.05, 3.63) is 49.2 Å². The van der Waals surface area contributed by atoms with Gasteiger partial charge in [0.25, 0.3) is 0 Å². The van der Waals surface area contributed by atoms with E-state index in [2.05, 4.69) is 34.9 Å². The van der Waals surface area contributed by atoms with Crippen LogP contribution in [0, 0.1) is 0 Å². The maximum atomic E-state index is 10.3. The molecule has 0 atom stereocenters. The topological polar surface area (TPSA) is 182 Å². The van der Waals surface area contributed by atoms with E-state index in [9.17, 15) is 24.0 Å². The standard InChI is InChI=1S/C7H12O2.C5H8N2O3.C5H8O2.C3H4O2/c1-3-5-6-9-7(8)4-2;1-3(4(8)9)2-7-5(6)10;1-4(2)5(6)7-3;1-2-3(4)5/h4H,2-3,5-6H2,1H3;2H,1H3,(H,8,9)(H3,6,7,10);1H2,2-3H3;2H,1H2,(H,4,5). The molecule has 0 saturated heterocycles. The quantitative estimate of drug-likeness (QED) is 0.247. The molecule has 0 aliphatic carbocycles. The summed E-state index contributed by atoms with van der Waals surface area (Å²) in [5, 5.41) is 17.9. The second-order valence-corrected chi connectivity index (χ2v) is 5.18. The van der Waals surface area contributed by atoms with E-state index >= 15 is 0 Å². The summed E-state index contributed by atoms with van der Waals surface area (Å²) in [5.74, 6) is -2.75. The molecular formula is C20H32N2O9. The van der Waals surface area contributed by atoms with E-state index in [0.29, 0.717) is 12.2 Å². The van der Waals surface area contributed by atoms with Gasteiger partial charge in [-0.15, -0.1) is 0 Å². The summed E-state index contributed by atoms with van der Waals surface area (Å²) in [6, 6.07) is -0.777. The fraction of sp³-hybridized carbons (Fsp3) is 0.350. The number of amides is 2. The number of nitrogens with two attached hydrogens (primary N) is 1. The van der Waals surface area contributed by atoms with Gasteiger partial charge in [0.1, 0.15) is 0 Å². The first-order valence-electron chi connectivity index (χ1n) is 8.64. The summed E-state index contributed by atoms with van der Waals surface area (Å²) >= 11 is 0. The summed E-state index contributed by atoms with van der Waals surface area (Å²) in [4.78, 5) is 49.8. The van der Waals surface area contributed by atoms with Crippen LogP contribution in [-0.4, -0.2) is 53.8 Å². The fourth-order valence-corrected chi connectivity index (χ4v) is 0.791. The molecule has 176 valence electrons. The molecular weight excluding hydrogens is 412 g/mol. The number of urea groups is 1. The predicted molar refractivity (Wildman–Crippen MR) is 115 cm³/mol. The van der Waals surface area contributed by atoms with Gasteiger partial charge in [-0.3, -0.25) is 0 Å². The Hall–Kier alpha value is -3.89. The van der Waals surface area contributed by atoms with Crippen LogP contribution in [0.25, 0.3) is 0 Å². The third kappa shape index (κ3) is 37.5. The van der Waals surface area contributed by atoms with E-state index in [-0.39, 0.29) is 17.5 Å². The number of esters is 2. The maximum Gasteiger partial charge on any atom is 0.332 e. The molecule has 5 N–H and O–H groups in total. The van der Waals surface area contributed by atoms with Crippen molar-refractivity contribution in [2.24, 2.45) is 5.73 Å². The van der Waals surface area contributed by atoms with Gasteiger partial charge >= 0.3 is 29.9 Å². The molecule has 0 heterocycles. The van der Waals surface area contributed by atoms with E-state index in [4.69, 9.17) is 10.2 Å². The number of ether oxygens (including phenoxy) is 2. The van der Waals surface area contributed by atoms with E-state index in [0.717, 1.165) is 25.1 Å². The van der Waals surface area contributed by atoms with Gasteiger partial charge in [0.15, 0.2) is 0 Å². The van der Waals surface area contributed by atoms with Crippen molar-refractivity contribution in [2.75, 3.05) is 13.7 Å². The normalized spacial score (nSPS) is 8.71. The lowest BCUT2D eigenvalue weighted by molar-refractivity contribution is -0.138. The fourth-order valence-electron chi connectivity index (χ4n) is 0.791. The Bertz CT molecular complexity index is 653. The van der Waals surface area contributed by atoms with Gasteiger partial charge in [0.2, 0.25) is 0 Å². The number of methoxy groups -OCH3 is 1. The Labute approximate surface area is 181 Å². The van der Waals surface area contributed by atoms with Crippen LogP contribution in [0.5, 0.6) is 0 Å². The van der Waals surface area contributed by atoms with Gasteiger partial charge in [-0.1, -0.05) is 33.1 Å². The predicted octanol–water partition coefficient (Wildman–Crippen LogP) is 2.15. The molecule has 0 unspecified atom stereocenters. The van der Waals surface area contributed by atoms with Crippen LogP contribution in [0.15, 0.2) is 49.2 Å². The molecule has 0 radical (unpaired) electrons. The highest BCUT2D eigenvalue weighted by Gasteiger charge is 1.98. The van der Waals surface area contributed by atoms with Gasteiger partial charge < -0.3 is 30.7 Å². The van der Waals surface area contributed by atoms with E-state index < -0.39 is 18.0 Å². The zero-order valence-corrected chi connectivity index (χ0v) is 18.3.